The summed E-state index contributed by atoms with van der Waals surface area (Å²) in [4.78, 5) is 9.16. The van der Waals surface area contributed by atoms with Crippen LogP contribution >= 0.6 is 23.2 Å². The van der Waals surface area contributed by atoms with E-state index in [9.17, 15) is 0 Å². The summed E-state index contributed by atoms with van der Waals surface area (Å²) >= 11 is 12.2. The van der Waals surface area contributed by atoms with Crippen LogP contribution in [0.15, 0.2) is 35.5 Å². The van der Waals surface area contributed by atoms with Crippen LogP contribution in [0.25, 0.3) is 5.82 Å². The molecule has 0 bridgehead atoms. The number of pyridine rings is 1. The van der Waals surface area contributed by atoms with E-state index in [0.29, 0.717) is 29.2 Å². The molecule has 0 amide bonds. The number of rotatable bonds is 6. The van der Waals surface area contributed by atoms with Crippen molar-refractivity contribution in [2.75, 3.05) is 6.54 Å². The molecule has 0 saturated heterocycles. The molecule has 0 aliphatic carbocycles. The fraction of sp³-hybridized carbons (Fsp3) is 0.350. The van der Waals surface area contributed by atoms with Crippen LogP contribution < -0.4 is 10.6 Å². The average Bonchev–Trinajstić information content (AvgIpc) is 3.17. The summed E-state index contributed by atoms with van der Waals surface area (Å²) in [5.41, 5.74) is 4.01. The maximum absolute atomic E-state index is 6.13. The van der Waals surface area contributed by atoms with Crippen molar-refractivity contribution < 1.29 is 0 Å². The predicted molar refractivity (Wildman–Crippen MR) is 118 cm³/mol. The molecular weight excluding hydrogens is 409 g/mol. The molecule has 0 atom stereocenters. The number of nitrogens with one attached hydrogen (secondary N) is 2. The Labute approximate surface area is 180 Å². The zero-order valence-electron chi connectivity index (χ0n) is 17.0. The van der Waals surface area contributed by atoms with Gasteiger partial charge in [0.1, 0.15) is 5.15 Å². The van der Waals surface area contributed by atoms with Gasteiger partial charge in [-0.2, -0.15) is 5.10 Å². The Bertz CT molecular complexity index is 1000. The summed E-state index contributed by atoms with van der Waals surface area (Å²) in [5, 5.41) is 12.1. The van der Waals surface area contributed by atoms with Crippen molar-refractivity contribution in [2.24, 2.45) is 12.0 Å². The molecule has 9 heteroatoms. The first-order valence-corrected chi connectivity index (χ1v) is 10.1. The lowest BCUT2D eigenvalue weighted by Crippen LogP contribution is -2.37. The Balaban J connectivity index is 1.66. The molecule has 3 aromatic heterocycles. The van der Waals surface area contributed by atoms with E-state index in [1.54, 1.807) is 0 Å². The number of nitrogens with zero attached hydrogens (tertiary/aromatic N) is 5. The van der Waals surface area contributed by atoms with Gasteiger partial charge in [-0.15, -0.1) is 0 Å². The highest BCUT2D eigenvalue weighted by Crippen LogP contribution is 2.24. The number of guanidine groups is 1. The van der Waals surface area contributed by atoms with Gasteiger partial charge in [0.15, 0.2) is 11.8 Å². The first-order chi connectivity index (χ1) is 13.9. The quantitative estimate of drug-likeness (QED) is 0.458. The van der Waals surface area contributed by atoms with E-state index >= 15 is 0 Å². The van der Waals surface area contributed by atoms with E-state index in [-0.39, 0.29) is 0 Å². The second-order valence-electron chi connectivity index (χ2n) is 6.75. The zero-order valence-corrected chi connectivity index (χ0v) is 18.5. The molecule has 0 saturated carbocycles. The minimum absolute atomic E-state index is 0.508. The highest BCUT2D eigenvalue weighted by molar-refractivity contribution is 6.41. The monoisotopic (exact) mass is 433 g/mol. The van der Waals surface area contributed by atoms with Gasteiger partial charge in [-0.1, -0.05) is 29.3 Å². The molecule has 0 spiro atoms. The zero-order chi connectivity index (χ0) is 21.0. The van der Waals surface area contributed by atoms with Crippen LogP contribution in [-0.2, 0) is 20.1 Å². The fourth-order valence-corrected chi connectivity index (χ4v) is 3.36. The molecule has 3 aromatic rings. The molecular formula is C20H25Cl2N7. The first-order valence-electron chi connectivity index (χ1n) is 9.39. The largest absolute Gasteiger partial charge is 0.357 e. The Morgan fingerprint density at radius 3 is 2.52 bits per heavy atom. The molecule has 0 aromatic carbocycles. The Morgan fingerprint density at radius 2 is 1.97 bits per heavy atom. The van der Waals surface area contributed by atoms with E-state index in [1.165, 1.54) is 0 Å². The van der Waals surface area contributed by atoms with Gasteiger partial charge < -0.3 is 15.2 Å². The number of hydrogen-bond donors (Lipinski definition) is 2. The van der Waals surface area contributed by atoms with Gasteiger partial charge in [-0.25, -0.2) is 14.7 Å². The van der Waals surface area contributed by atoms with E-state index in [1.807, 2.05) is 67.5 Å². The minimum Gasteiger partial charge on any atom is -0.357 e. The summed E-state index contributed by atoms with van der Waals surface area (Å²) in [7, 11) is 1.88. The van der Waals surface area contributed by atoms with Crippen molar-refractivity contribution >= 4 is 29.2 Å². The molecule has 7 nitrogen and oxygen atoms in total. The number of aryl methyl sites for hydroxylation is 2. The van der Waals surface area contributed by atoms with Crippen molar-refractivity contribution in [3.05, 3.63) is 63.3 Å². The number of aliphatic imine (C=N–C) groups is 1. The lowest BCUT2D eigenvalue weighted by Gasteiger charge is -2.12. The van der Waals surface area contributed by atoms with Gasteiger partial charge in [-0.3, -0.25) is 0 Å². The molecule has 0 radical (unpaired) electrons. The average molecular weight is 434 g/mol. The van der Waals surface area contributed by atoms with E-state index in [4.69, 9.17) is 23.2 Å². The standard InChI is InChI=1S/C20H25Cl2N7/c1-5-23-20(26-12-16-9-17(21)19(22)28(16)4)25-11-15-6-7-18(24-10-15)29-14(3)8-13(2)27-29/h6-10H,5,11-12H2,1-4H3,(H2,23,25,26). The summed E-state index contributed by atoms with van der Waals surface area (Å²) in [6, 6.07) is 7.85. The number of hydrogen-bond acceptors (Lipinski definition) is 3. The lowest BCUT2D eigenvalue weighted by molar-refractivity contribution is 0.751. The third kappa shape index (κ3) is 5.10. The smallest absolute Gasteiger partial charge is 0.191 e. The van der Waals surface area contributed by atoms with Crippen LogP contribution in [0.1, 0.15) is 29.6 Å². The van der Waals surface area contributed by atoms with Crippen molar-refractivity contribution in [3.63, 3.8) is 0 Å². The SMILES string of the molecule is CCNC(=NCc1ccc(-n2nc(C)cc2C)nc1)NCc1cc(Cl)c(Cl)n1C. The highest BCUT2D eigenvalue weighted by atomic mass is 35.5. The van der Waals surface area contributed by atoms with Crippen LogP contribution in [-0.4, -0.2) is 31.8 Å². The van der Waals surface area contributed by atoms with E-state index in [0.717, 1.165) is 35.0 Å². The molecule has 29 heavy (non-hydrogen) atoms. The van der Waals surface area contributed by atoms with Crippen LogP contribution in [0.3, 0.4) is 0 Å². The highest BCUT2D eigenvalue weighted by Gasteiger charge is 2.09. The summed E-state index contributed by atoms with van der Waals surface area (Å²) in [5.74, 6) is 1.51. The predicted octanol–water partition coefficient (Wildman–Crippen LogP) is 3.78. The van der Waals surface area contributed by atoms with Gasteiger partial charge in [0.05, 0.1) is 23.8 Å². The van der Waals surface area contributed by atoms with Crippen LogP contribution in [0.4, 0.5) is 0 Å². The minimum atomic E-state index is 0.508. The Kier molecular flexibility index (Phi) is 6.82. The maximum atomic E-state index is 6.13. The molecule has 3 heterocycles. The van der Waals surface area contributed by atoms with Gasteiger partial charge >= 0.3 is 0 Å². The summed E-state index contributed by atoms with van der Waals surface area (Å²) in [6.07, 6.45) is 1.83. The van der Waals surface area contributed by atoms with Gasteiger partial charge in [0, 0.05) is 31.2 Å². The topological polar surface area (TPSA) is 72.1 Å². The van der Waals surface area contributed by atoms with Crippen molar-refractivity contribution in [3.8, 4) is 5.82 Å². The third-order valence-electron chi connectivity index (χ3n) is 4.45. The number of halogens is 2. The lowest BCUT2D eigenvalue weighted by atomic mass is 10.3. The molecule has 0 aliphatic heterocycles. The summed E-state index contributed by atoms with van der Waals surface area (Å²) < 4.78 is 3.69. The molecule has 0 unspecified atom stereocenters. The van der Waals surface area contributed by atoms with Crippen LogP contribution in [0.5, 0.6) is 0 Å². The fourth-order valence-electron chi connectivity index (χ4n) is 2.94. The van der Waals surface area contributed by atoms with Gasteiger partial charge in [0.2, 0.25) is 0 Å². The van der Waals surface area contributed by atoms with Crippen molar-refractivity contribution in [2.45, 2.75) is 33.9 Å². The van der Waals surface area contributed by atoms with Crippen molar-refractivity contribution in [1.82, 2.24) is 30.0 Å². The maximum Gasteiger partial charge on any atom is 0.191 e. The second kappa shape index (κ2) is 9.33. The molecule has 0 fully saturated rings. The van der Waals surface area contributed by atoms with E-state index < -0.39 is 0 Å². The summed E-state index contributed by atoms with van der Waals surface area (Å²) in [6.45, 7) is 7.84. The first kappa shape index (κ1) is 21.2. The Morgan fingerprint density at radius 1 is 1.17 bits per heavy atom. The second-order valence-corrected chi connectivity index (χ2v) is 7.51. The third-order valence-corrected chi connectivity index (χ3v) is 5.29. The Hall–Kier alpha value is -2.51. The molecule has 3 rings (SSSR count). The normalized spacial score (nSPS) is 11.7. The van der Waals surface area contributed by atoms with E-state index in [2.05, 4.69) is 25.7 Å². The van der Waals surface area contributed by atoms with Gasteiger partial charge in [0.25, 0.3) is 0 Å². The van der Waals surface area contributed by atoms with Crippen LogP contribution in [0, 0.1) is 13.8 Å². The molecule has 0 aliphatic rings. The van der Waals surface area contributed by atoms with Gasteiger partial charge in [-0.05, 0) is 44.5 Å². The van der Waals surface area contributed by atoms with Crippen molar-refractivity contribution in [1.29, 1.82) is 0 Å². The van der Waals surface area contributed by atoms with Crippen LogP contribution in [0.2, 0.25) is 10.2 Å². The molecule has 154 valence electrons. The molecule has 2 N–H and O–H groups in total. The number of aromatic nitrogens is 4.